The molecule has 5 rings (SSSR count). The van der Waals surface area contributed by atoms with Crippen molar-refractivity contribution in [3.63, 3.8) is 0 Å². The number of hydrogen-bond acceptors (Lipinski definition) is 7. The van der Waals surface area contributed by atoms with Crippen molar-refractivity contribution in [2.75, 3.05) is 17.2 Å². The fourth-order valence-corrected chi connectivity index (χ4v) is 5.57. The lowest BCUT2D eigenvalue weighted by Gasteiger charge is -2.24. The zero-order chi connectivity index (χ0) is 25.2. The number of aryl methyl sites for hydroxylation is 3. The van der Waals surface area contributed by atoms with Gasteiger partial charge in [0.2, 0.25) is 0 Å². The van der Waals surface area contributed by atoms with E-state index in [1.165, 1.54) is 27.8 Å². The van der Waals surface area contributed by atoms with Gasteiger partial charge in [-0.3, -0.25) is 19.7 Å². The summed E-state index contributed by atoms with van der Waals surface area (Å²) < 4.78 is 16.2. The van der Waals surface area contributed by atoms with Gasteiger partial charge >= 0.3 is 0 Å². The van der Waals surface area contributed by atoms with Crippen LogP contribution < -0.4 is 21.5 Å². The smallest absolute Gasteiger partial charge is 0.281 e. The molecule has 9 nitrogen and oxygen atoms in total. The number of amides is 2. The minimum Gasteiger partial charge on any atom is -0.394 e. The van der Waals surface area contributed by atoms with E-state index < -0.39 is 11.9 Å². The molecule has 5 N–H and O–H groups in total. The zero-order valence-corrected chi connectivity index (χ0v) is 20.5. The average Bonchev–Trinajstić information content (AvgIpc) is 3.45. The molecule has 0 bridgehead atoms. The minimum atomic E-state index is -0.541. The lowest BCUT2D eigenvalue weighted by Crippen LogP contribution is -2.45. The normalized spacial score (nSPS) is 17.2. The van der Waals surface area contributed by atoms with Gasteiger partial charge in [0, 0.05) is 16.6 Å². The van der Waals surface area contributed by atoms with E-state index in [1.54, 1.807) is 29.0 Å². The molecule has 2 aromatic heterocycles. The predicted molar refractivity (Wildman–Crippen MR) is 135 cm³/mol. The van der Waals surface area contributed by atoms with Gasteiger partial charge in [-0.05, 0) is 68.0 Å². The number of hydrazine groups is 1. The molecule has 2 aliphatic rings. The molecule has 0 fully saturated rings. The summed E-state index contributed by atoms with van der Waals surface area (Å²) in [4.78, 5) is 27.1. The van der Waals surface area contributed by atoms with Crippen molar-refractivity contribution in [1.82, 2.24) is 20.6 Å². The summed E-state index contributed by atoms with van der Waals surface area (Å²) in [6, 6.07) is 7.66. The van der Waals surface area contributed by atoms with Crippen LogP contribution in [0.4, 0.5) is 15.9 Å². The van der Waals surface area contributed by atoms with E-state index in [1.807, 2.05) is 13.0 Å². The number of halogens is 1. The van der Waals surface area contributed by atoms with E-state index in [0.717, 1.165) is 31.4 Å². The van der Waals surface area contributed by atoms with Crippen molar-refractivity contribution in [1.29, 1.82) is 0 Å². The number of benzene rings is 1. The maximum Gasteiger partial charge on any atom is 0.281 e. The van der Waals surface area contributed by atoms with Crippen LogP contribution in [0.2, 0.25) is 0 Å². The summed E-state index contributed by atoms with van der Waals surface area (Å²) in [6.07, 6.45) is 5.89. The Morgan fingerprint density at radius 1 is 1.28 bits per heavy atom. The van der Waals surface area contributed by atoms with Gasteiger partial charge in [-0.25, -0.2) is 9.82 Å². The zero-order valence-electron chi connectivity index (χ0n) is 19.7. The molecule has 1 aliphatic carbocycles. The first-order chi connectivity index (χ1) is 17.4. The molecule has 0 saturated heterocycles. The second-order valence-corrected chi connectivity index (χ2v) is 10.00. The summed E-state index contributed by atoms with van der Waals surface area (Å²) in [7, 11) is 0. The van der Waals surface area contributed by atoms with Crippen LogP contribution in [0.1, 0.15) is 50.3 Å². The molecule has 0 radical (unpaired) electrons. The quantitative estimate of drug-likeness (QED) is 0.333. The van der Waals surface area contributed by atoms with E-state index in [2.05, 4.69) is 26.6 Å². The monoisotopic (exact) mass is 510 g/mol. The molecule has 3 aromatic rings. The van der Waals surface area contributed by atoms with E-state index in [0.29, 0.717) is 22.8 Å². The van der Waals surface area contributed by atoms with Crippen LogP contribution >= 0.6 is 11.3 Å². The molecule has 1 atom stereocenters. The third kappa shape index (κ3) is 5.03. The van der Waals surface area contributed by atoms with Gasteiger partial charge in [-0.2, -0.15) is 5.10 Å². The SMILES string of the molecule is Cc1cc(NC2=CC(c3ccc(F)c(NC(=O)c4cc5c(s4)CCCC5)c3)NNC2=O)nn1CCO. The molecule has 0 spiro atoms. The fraction of sp³-hybridized carbons (Fsp3) is 0.320. The Labute approximate surface area is 211 Å². The first-order valence-corrected chi connectivity index (χ1v) is 12.7. The fourth-order valence-electron chi connectivity index (χ4n) is 4.42. The van der Waals surface area contributed by atoms with E-state index >= 15 is 0 Å². The third-order valence-corrected chi connectivity index (χ3v) is 7.53. The van der Waals surface area contributed by atoms with Crippen LogP contribution in [0.5, 0.6) is 0 Å². The topological polar surface area (TPSA) is 120 Å². The maximum absolute atomic E-state index is 14.6. The molecule has 2 amide bonds. The van der Waals surface area contributed by atoms with Crippen molar-refractivity contribution >= 4 is 34.7 Å². The number of nitrogens with zero attached hydrogens (tertiary/aromatic N) is 2. The van der Waals surface area contributed by atoms with Crippen molar-refractivity contribution in [2.45, 2.75) is 45.2 Å². The number of fused-ring (bicyclic) bond motifs is 1. The highest BCUT2D eigenvalue weighted by Crippen LogP contribution is 2.31. The number of carbonyl (C=O) groups excluding carboxylic acids is 2. The van der Waals surface area contributed by atoms with Gasteiger partial charge in [0.25, 0.3) is 11.8 Å². The highest BCUT2D eigenvalue weighted by atomic mass is 32.1. The number of rotatable bonds is 7. The van der Waals surface area contributed by atoms with E-state index in [4.69, 9.17) is 5.11 Å². The lowest BCUT2D eigenvalue weighted by atomic mass is 9.99. The highest BCUT2D eigenvalue weighted by Gasteiger charge is 2.23. The van der Waals surface area contributed by atoms with Crippen molar-refractivity contribution in [3.8, 4) is 0 Å². The maximum atomic E-state index is 14.6. The van der Waals surface area contributed by atoms with Crippen molar-refractivity contribution in [3.05, 3.63) is 74.5 Å². The molecule has 1 unspecified atom stereocenters. The summed E-state index contributed by atoms with van der Waals surface area (Å²) in [5.41, 5.74) is 8.54. The number of carbonyl (C=O) groups is 2. The Balaban J connectivity index is 1.34. The Morgan fingerprint density at radius 3 is 2.92 bits per heavy atom. The standard InChI is InChI=1S/C25H27FN6O3S/c1-14-10-23(31-32(14)8-9-33)27-20-13-18(29-30-24(20)34)15-6-7-17(26)19(11-15)28-25(35)22-12-16-4-2-3-5-21(16)36-22/h6-7,10-13,18,29,33H,2-5,8-9H2,1H3,(H,27,31)(H,28,35)(H,30,34). The molecule has 11 heteroatoms. The van der Waals surface area contributed by atoms with E-state index in [9.17, 15) is 14.0 Å². The summed E-state index contributed by atoms with van der Waals surface area (Å²) in [5, 5.41) is 19.2. The largest absolute Gasteiger partial charge is 0.394 e. The van der Waals surface area contributed by atoms with Crippen LogP contribution in [0.15, 0.2) is 42.1 Å². The molecule has 36 heavy (non-hydrogen) atoms. The Morgan fingerprint density at radius 2 is 2.11 bits per heavy atom. The summed E-state index contributed by atoms with van der Waals surface area (Å²) >= 11 is 1.47. The van der Waals surface area contributed by atoms with Crippen molar-refractivity contribution < 1.29 is 19.1 Å². The molecular formula is C25H27FN6O3S. The van der Waals surface area contributed by atoms with Gasteiger partial charge < -0.3 is 15.7 Å². The number of aliphatic hydroxyl groups is 1. The Kier molecular flexibility index (Phi) is 6.86. The van der Waals surface area contributed by atoms with Crippen LogP contribution in [-0.4, -0.2) is 33.3 Å². The van der Waals surface area contributed by atoms with Gasteiger partial charge in [0.1, 0.15) is 11.5 Å². The molecule has 1 aromatic carbocycles. The third-order valence-electron chi connectivity index (χ3n) is 6.29. The van der Waals surface area contributed by atoms with Gasteiger partial charge in [0.15, 0.2) is 5.82 Å². The average molecular weight is 511 g/mol. The lowest BCUT2D eigenvalue weighted by molar-refractivity contribution is -0.119. The summed E-state index contributed by atoms with van der Waals surface area (Å²) in [5.74, 6) is -0.783. The molecule has 0 saturated carbocycles. The highest BCUT2D eigenvalue weighted by molar-refractivity contribution is 7.14. The Hall–Kier alpha value is -3.54. The second kappa shape index (κ2) is 10.2. The molecule has 1 aliphatic heterocycles. The number of nitrogens with one attached hydrogen (secondary N) is 4. The number of aliphatic hydroxyl groups excluding tert-OH is 1. The number of thiophene rings is 1. The van der Waals surface area contributed by atoms with Crippen LogP contribution in [0, 0.1) is 12.7 Å². The van der Waals surface area contributed by atoms with Gasteiger partial charge in [-0.15, -0.1) is 11.3 Å². The molecule has 3 heterocycles. The first-order valence-electron chi connectivity index (χ1n) is 11.8. The number of aromatic nitrogens is 2. The van der Waals surface area contributed by atoms with Crippen molar-refractivity contribution in [2.24, 2.45) is 0 Å². The molecule has 188 valence electrons. The predicted octanol–water partition coefficient (Wildman–Crippen LogP) is 3.19. The number of anilines is 2. The van der Waals surface area contributed by atoms with Crippen LogP contribution in [0.3, 0.4) is 0 Å². The molecular weight excluding hydrogens is 483 g/mol. The number of hydrogen-bond donors (Lipinski definition) is 5. The van der Waals surface area contributed by atoms with Crippen LogP contribution in [-0.2, 0) is 24.2 Å². The van der Waals surface area contributed by atoms with E-state index in [-0.39, 0.29) is 29.8 Å². The minimum absolute atomic E-state index is 0.0462. The van der Waals surface area contributed by atoms with Crippen LogP contribution in [0.25, 0.3) is 0 Å². The van der Waals surface area contributed by atoms with Gasteiger partial charge in [-0.1, -0.05) is 6.07 Å². The summed E-state index contributed by atoms with van der Waals surface area (Å²) in [6.45, 7) is 2.16. The second-order valence-electron chi connectivity index (χ2n) is 8.86. The Bertz CT molecular complexity index is 1320. The van der Waals surface area contributed by atoms with Gasteiger partial charge in [0.05, 0.1) is 29.8 Å². The first kappa shape index (κ1) is 24.2.